The maximum absolute atomic E-state index is 11.4. The molecule has 0 unspecified atom stereocenters. The van der Waals surface area contributed by atoms with Crippen LogP contribution in [0.25, 0.3) is 0 Å². The van der Waals surface area contributed by atoms with Gasteiger partial charge in [-0.05, 0) is 0 Å². The van der Waals surface area contributed by atoms with E-state index < -0.39 is 0 Å². The van der Waals surface area contributed by atoms with E-state index in [-0.39, 0.29) is 5.91 Å². The molecule has 0 atom stereocenters. The molecule has 0 aliphatic heterocycles. The van der Waals surface area contributed by atoms with Gasteiger partial charge < -0.3 is 10.6 Å². The van der Waals surface area contributed by atoms with Crippen LogP contribution in [0.5, 0.6) is 0 Å². The second-order valence-corrected chi connectivity index (χ2v) is 2.98. The third-order valence-electron chi connectivity index (χ3n) is 1.64. The van der Waals surface area contributed by atoms with Crippen molar-refractivity contribution in [1.82, 2.24) is 14.7 Å². The Morgan fingerprint density at radius 2 is 2.38 bits per heavy atom. The van der Waals surface area contributed by atoms with Gasteiger partial charge in [0.2, 0.25) is 0 Å². The lowest BCUT2D eigenvalue weighted by atomic mass is 10.3. The van der Waals surface area contributed by atoms with E-state index in [0.717, 1.165) is 0 Å². The van der Waals surface area contributed by atoms with Crippen LogP contribution >= 0.6 is 0 Å². The van der Waals surface area contributed by atoms with Gasteiger partial charge >= 0.3 is 0 Å². The highest BCUT2D eigenvalue weighted by Gasteiger charge is 2.09. The highest BCUT2D eigenvalue weighted by Crippen LogP contribution is 2.00. The first-order valence-corrected chi connectivity index (χ1v) is 4.09. The number of carbonyl (C=O) groups is 1. The van der Waals surface area contributed by atoms with E-state index in [1.165, 1.54) is 4.90 Å². The van der Waals surface area contributed by atoms with E-state index in [4.69, 9.17) is 5.73 Å². The van der Waals surface area contributed by atoms with Crippen LogP contribution in [0.3, 0.4) is 0 Å². The number of nitrogens with two attached hydrogens (primary N) is 1. The van der Waals surface area contributed by atoms with Gasteiger partial charge in [0.05, 0.1) is 18.3 Å². The number of hydrogen-bond acceptors (Lipinski definition) is 3. The lowest BCUT2D eigenvalue weighted by Crippen LogP contribution is -2.21. The van der Waals surface area contributed by atoms with Gasteiger partial charge in [0.25, 0.3) is 5.91 Å². The molecule has 1 amide bonds. The van der Waals surface area contributed by atoms with Crippen molar-refractivity contribution in [1.29, 1.82) is 0 Å². The van der Waals surface area contributed by atoms with Crippen molar-refractivity contribution in [3.05, 3.63) is 18.0 Å². The Morgan fingerprint density at radius 3 is 2.92 bits per heavy atom. The molecule has 13 heavy (non-hydrogen) atoms. The molecular weight excluding hydrogens is 168 g/mol. The zero-order valence-corrected chi connectivity index (χ0v) is 7.90. The minimum absolute atomic E-state index is 0.0386. The molecule has 0 bridgehead atoms. The standard InChI is InChI=1S/C8H14N4O/c1-11(2)8(13)7-5-10-12(6-7)4-3-9/h5-6H,3-4,9H2,1-2H3. The van der Waals surface area contributed by atoms with Crippen LogP contribution < -0.4 is 5.73 Å². The van der Waals surface area contributed by atoms with E-state index in [1.54, 1.807) is 31.2 Å². The Morgan fingerprint density at radius 1 is 1.69 bits per heavy atom. The van der Waals surface area contributed by atoms with Crippen LogP contribution in [-0.4, -0.2) is 41.2 Å². The molecule has 0 spiro atoms. The summed E-state index contributed by atoms with van der Waals surface area (Å²) in [4.78, 5) is 12.9. The first kappa shape index (κ1) is 9.73. The van der Waals surface area contributed by atoms with Crippen molar-refractivity contribution in [2.75, 3.05) is 20.6 Å². The highest BCUT2D eigenvalue weighted by molar-refractivity contribution is 5.93. The SMILES string of the molecule is CN(C)C(=O)c1cnn(CCN)c1. The molecule has 1 aromatic rings. The summed E-state index contributed by atoms with van der Waals surface area (Å²) in [6.07, 6.45) is 3.26. The van der Waals surface area contributed by atoms with Gasteiger partial charge in [0, 0.05) is 26.8 Å². The van der Waals surface area contributed by atoms with Crippen LogP contribution in [0.4, 0.5) is 0 Å². The summed E-state index contributed by atoms with van der Waals surface area (Å²) in [5.74, 6) is -0.0386. The first-order valence-electron chi connectivity index (χ1n) is 4.09. The first-order chi connectivity index (χ1) is 6.15. The third-order valence-corrected chi connectivity index (χ3v) is 1.64. The molecule has 5 nitrogen and oxygen atoms in total. The van der Waals surface area contributed by atoms with Crippen molar-refractivity contribution < 1.29 is 4.79 Å². The summed E-state index contributed by atoms with van der Waals surface area (Å²) in [7, 11) is 3.42. The average Bonchev–Trinajstić information content (AvgIpc) is 2.52. The fourth-order valence-electron chi connectivity index (χ4n) is 0.987. The topological polar surface area (TPSA) is 64.2 Å². The van der Waals surface area contributed by atoms with Crippen molar-refractivity contribution in [2.45, 2.75) is 6.54 Å². The molecule has 72 valence electrons. The molecule has 5 heteroatoms. The van der Waals surface area contributed by atoms with Gasteiger partial charge in [-0.15, -0.1) is 0 Å². The molecule has 0 saturated heterocycles. The van der Waals surface area contributed by atoms with Crippen LogP contribution in [0.1, 0.15) is 10.4 Å². The summed E-state index contributed by atoms with van der Waals surface area (Å²) in [5, 5.41) is 4.00. The van der Waals surface area contributed by atoms with E-state index in [9.17, 15) is 4.79 Å². The molecule has 0 saturated carbocycles. The summed E-state index contributed by atoms with van der Waals surface area (Å²) in [6, 6.07) is 0. The predicted octanol–water partition coefficient (Wildman–Crippen LogP) is -0.456. The van der Waals surface area contributed by atoms with Crippen molar-refractivity contribution in [3.8, 4) is 0 Å². The Hall–Kier alpha value is -1.36. The largest absolute Gasteiger partial charge is 0.345 e. The summed E-state index contributed by atoms with van der Waals surface area (Å²) in [5.41, 5.74) is 5.95. The smallest absolute Gasteiger partial charge is 0.256 e. The number of rotatable bonds is 3. The lowest BCUT2D eigenvalue weighted by molar-refractivity contribution is 0.0827. The Labute approximate surface area is 77.1 Å². The highest BCUT2D eigenvalue weighted by atomic mass is 16.2. The number of amides is 1. The maximum Gasteiger partial charge on any atom is 0.256 e. The van der Waals surface area contributed by atoms with E-state index in [0.29, 0.717) is 18.7 Å². The molecule has 0 radical (unpaired) electrons. The van der Waals surface area contributed by atoms with E-state index in [2.05, 4.69) is 5.10 Å². The van der Waals surface area contributed by atoms with Gasteiger partial charge in [-0.2, -0.15) is 5.10 Å². The normalized spacial score (nSPS) is 10.1. The molecule has 0 aliphatic carbocycles. The second kappa shape index (κ2) is 4.04. The number of nitrogens with zero attached hydrogens (tertiary/aromatic N) is 3. The fourth-order valence-corrected chi connectivity index (χ4v) is 0.987. The molecule has 0 fully saturated rings. The zero-order chi connectivity index (χ0) is 9.84. The number of hydrogen-bond donors (Lipinski definition) is 1. The third kappa shape index (κ3) is 2.29. The molecule has 1 aromatic heterocycles. The Balaban J connectivity index is 2.73. The van der Waals surface area contributed by atoms with E-state index in [1.807, 2.05) is 0 Å². The minimum atomic E-state index is -0.0386. The van der Waals surface area contributed by atoms with Gasteiger partial charge in [-0.3, -0.25) is 9.48 Å². The van der Waals surface area contributed by atoms with Crippen LogP contribution in [-0.2, 0) is 6.54 Å². The van der Waals surface area contributed by atoms with Crippen molar-refractivity contribution in [3.63, 3.8) is 0 Å². The van der Waals surface area contributed by atoms with E-state index >= 15 is 0 Å². The Kier molecular flexibility index (Phi) is 3.02. The maximum atomic E-state index is 11.4. The monoisotopic (exact) mass is 182 g/mol. The van der Waals surface area contributed by atoms with Gasteiger partial charge in [0.1, 0.15) is 0 Å². The molecule has 2 N–H and O–H groups in total. The average molecular weight is 182 g/mol. The Bertz CT molecular complexity index is 292. The van der Waals surface area contributed by atoms with Crippen LogP contribution in [0, 0.1) is 0 Å². The number of carbonyl (C=O) groups excluding carboxylic acids is 1. The second-order valence-electron chi connectivity index (χ2n) is 2.98. The number of aromatic nitrogens is 2. The predicted molar refractivity (Wildman–Crippen MR) is 49.3 cm³/mol. The van der Waals surface area contributed by atoms with Crippen molar-refractivity contribution >= 4 is 5.91 Å². The molecule has 0 aromatic carbocycles. The lowest BCUT2D eigenvalue weighted by Gasteiger charge is -2.06. The molecule has 1 heterocycles. The van der Waals surface area contributed by atoms with Gasteiger partial charge in [-0.25, -0.2) is 0 Å². The summed E-state index contributed by atoms with van der Waals surface area (Å²) in [6.45, 7) is 1.16. The van der Waals surface area contributed by atoms with Gasteiger partial charge in [-0.1, -0.05) is 0 Å². The molecular formula is C8H14N4O. The molecule has 0 aliphatic rings. The van der Waals surface area contributed by atoms with Crippen LogP contribution in [0.2, 0.25) is 0 Å². The van der Waals surface area contributed by atoms with Crippen molar-refractivity contribution in [2.24, 2.45) is 5.73 Å². The van der Waals surface area contributed by atoms with Gasteiger partial charge in [0.15, 0.2) is 0 Å². The fraction of sp³-hybridized carbons (Fsp3) is 0.500. The minimum Gasteiger partial charge on any atom is -0.345 e. The molecule has 1 rings (SSSR count). The summed E-state index contributed by atoms with van der Waals surface area (Å²) < 4.78 is 1.66. The quantitative estimate of drug-likeness (QED) is 0.688. The zero-order valence-electron chi connectivity index (χ0n) is 7.90. The van der Waals surface area contributed by atoms with Crippen LogP contribution in [0.15, 0.2) is 12.4 Å². The summed E-state index contributed by atoms with van der Waals surface area (Å²) >= 11 is 0.